The summed E-state index contributed by atoms with van der Waals surface area (Å²) in [5.74, 6) is 0. The minimum absolute atomic E-state index is 0.102. The molecule has 3 nitrogen and oxygen atoms in total. The standard InChI is InChI=1S/C12H18F3N3/c1-18(2)8-11(16)17-7-9-5-3-4-6-10(9)12(13,14)15/h3-6,11,17H,7-8,16H2,1-2H3. The van der Waals surface area contributed by atoms with E-state index in [9.17, 15) is 13.2 Å². The first-order valence-corrected chi connectivity index (χ1v) is 5.59. The van der Waals surface area contributed by atoms with Crippen molar-refractivity contribution in [3.63, 3.8) is 0 Å². The molecule has 0 heterocycles. The molecule has 102 valence electrons. The highest BCUT2D eigenvalue weighted by atomic mass is 19.4. The van der Waals surface area contributed by atoms with E-state index in [-0.39, 0.29) is 18.3 Å². The number of hydrogen-bond donors (Lipinski definition) is 2. The number of halogens is 3. The second kappa shape index (κ2) is 6.17. The van der Waals surface area contributed by atoms with E-state index in [1.807, 2.05) is 19.0 Å². The Kier molecular flexibility index (Phi) is 5.13. The van der Waals surface area contributed by atoms with Gasteiger partial charge in [-0.05, 0) is 25.7 Å². The SMILES string of the molecule is CN(C)CC(N)NCc1ccccc1C(F)(F)F. The van der Waals surface area contributed by atoms with Gasteiger partial charge in [0.15, 0.2) is 0 Å². The minimum atomic E-state index is -4.33. The van der Waals surface area contributed by atoms with E-state index in [0.717, 1.165) is 6.07 Å². The molecular formula is C12H18F3N3. The zero-order valence-electron chi connectivity index (χ0n) is 10.5. The van der Waals surface area contributed by atoms with Crippen LogP contribution in [0.2, 0.25) is 0 Å². The molecule has 0 amide bonds. The van der Waals surface area contributed by atoms with Crippen LogP contribution in [0.5, 0.6) is 0 Å². The van der Waals surface area contributed by atoms with Gasteiger partial charge in [0.25, 0.3) is 0 Å². The molecule has 1 rings (SSSR count). The number of likely N-dealkylation sites (N-methyl/N-ethyl adjacent to an activating group) is 1. The lowest BCUT2D eigenvalue weighted by Gasteiger charge is -2.19. The van der Waals surface area contributed by atoms with Crippen LogP contribution in [0.1, 0.15) is 11.1 Å². The minimum Gasteiger partial charge on any atom is -0.315 e. The van der Waals surface area contributed by atoms with Crippen molar-refractivity contribution in [3.8, 4) is 0 Å². The van der Waals surface area contributed by atoms with Crippen molar-refractivity contribution in [3.05, 3.63) is 35.4 Å². The lowest BCUT2D eigenvalue weighted by atomic mass is 10.1. The smallest absolute Gasteiger partial charge is 0.315 e. The summed E-state index contributed by atoms with van der Waals surface area (Å²) in [6.07, 6.45) is -4.69. The topological polar surface area (TPSA) is 41.3 Å². The monoisotopic (exact) mass is 261 g/mol. The summed E-state index contributed by atoms with van der Waals surface area (Å²) in [5, 5.41) is 2.88. The maximum atomic E-state index is 12.7. The molecule has 0 bridgehead atoms. The van der Waals surface area contributed by atoms with Crippen LogP contribution >= 0.6 is 0 Å². The van der Waals surface area contributed by atoms with Crippen LogP contribution in [0.25, 0.3) is 0 Å². The lowest BCUT2D eigenvalue weighted by Crippen LogP contribution is -2.44. The van der Waals surface area contributed by atoms with Crippen molar-refractivity contribution in [1.82, 2.24) is 10.2 Å². The highest BCUT2D eigenvalue weighted by molar-refractivity contribution is 5.29. The fourth-order valence-electron chi connectivity index (χ4n) is 1.65. The average Bonchev–Trinajstić information content (AvgIpc) is 2.24. The van der Waals surface area contributed by atoms with Crippen LogP contribution in [0, 0.1) is 0 Å². The molecule has 1 aromatic carbocycles. The Morgan fingerprint density at radius 2 is 1.89 bits per heavy atom. The number of nitrogens with one attached hydrogen (secondary N) is 1. The second-order valence-electron chi connectivity index (χ2n) is 4.40. The van der Waals surface area contributed by atoms with E-state index in [1.165, 1.54) is 12.1 Å². The first kappa shape index (κ1) is 14.9. The molecule has 0 aliphatic carbocycles. The van der Waals surface area contributed by atoms with Gasteiger partial charge in [-0.2, -0.15) is 13.2 Å². The van der Waals surface area contributed by atoms with E-state index in [4.69, 9.17) is 5.73 Å². The fraction of sp³-hybridized carbons (Fsp3) is 0.500. The Balaban J connectivity index is 2.68. The number of nitrogens with two attached hydrogens (primary N) is 1. The van der Waals surface area contributed by atoms with E-state index >= 15 is 0 Å². The van der Waals surface area contributed by atoms with Gasteiger partial charge in [-0.1, -0.05) is 18.2 Å². The summed E-state index contributed by atoms with van der Waals surface area (Å²) >= 11 is 0. The van der Waals surface area contributed by atoms with Gasteiger partial charge < -0.3 is 10.6 Å². The van der Waals surface area contributed by atoms with Gasteiger partial charge >= 0.3 is 6.18 Å². The summed E-state index contributed by atoms with van der Waals surface area (Å²) in [6.45, 7) is 0.666. The third kappa shape index (κ3) is 4.64. The van der Waals surface area contributed by atoms with Crippen LogP contribution in [0.3, 0.4) is 0 Å². The number of benzene rings is 1. The average molecular weight is 261 g/mol. The fourth-order valence-corrected chi connectivity index (χ4v) is 1.65. The van der Waals surface area contributed by atoms with Gasteiger partial charge in [0, 0.05) is 13.1 Å². The molecule has 1 aromatic rings. The molecule has 1 atom stereocenters. The molecule has 0 saturated heterocycles. The van der Waals surface area contributed by atoms with Crippen LogP contribution in [-0.4, -0.2) is 31.7 Å². The van der Waals surface area contributed by atoms with E-state index in [2.05, 4.69) is 5.32 Å². The summed E-state index contributed by atoms with van der Waals surface area (Å²) in [7, 11) is 3.70. The summed E-state index contributed by atoms with van der Waals surface area (Å²) in [4.78, 5) is 1.87. The van der Waals surface area contributed by atoms with Gasteiger partial charge in [0.2, 0.25) is 0 Å². The molecule has 0 aromatic heterocycles. The Morgan fingerprint density at radius 3 is 2.44 bits per heavy atom. The lowest BCUT2D eigenvalue weighted by molar-refractivity contribution is -0.138. The molecule has 3 N–H and O–H groups in total. The van der Waals surface area contributed by atoms with Gasteiger partial charge in [0.05, 0.1) is 11.7 Å². The first-order valence-electron chi connectivity index (χ1n) is 5.59. The molecule has 6 heteroatoms. The Bertz CT molecular complexity index is 377. The van der Waals surface area contributed by atoms with Crippen molar-refractivity contribution >= 4 is 0 Å². The van der Waals surface area contributed by atoms with E-state index in [1.54, 1.807) is 6.07 Å². The third-order valence-electron chi connectivity index (χ3n) is 2.44. The first-order chi connectivity index (χ1) is 8.30. The zero-order valence-corrected chi connectivity index (χ0v) is 10.5. The van der Waals surface area contributed by atoms with Crippen LogP contribution in [-0.2, 0) is 12.7 Å². The molecule has 0 aliphatic rings. The Hall–Kier alpha value is -1.11. The largest absolute Gasteiger partial charge is 0.416 e. The zero-order chi connectivity index (χ0) is 13.8. The molecular weight excluding hydrogens is 243 g/mol. The Morgan fingerprint density at radius 1 is 1.28 bits per heavy atom. The van der Waals surface area contributed by atoms with E-state index < -0.39 is 11.7 Å². The van der Waals surface area contributed by atoms with Gasteiger partial charge in [-0.3, -0.25) is 5.32 Å². The highest BCUT2D eigenvalue weighted by Gasteiger charge is 2.32. The molecule has 0 fully saturated rings. The number of alkyl halides is 3. The van der Waals surface area contributed by atoms with Crippen molar-refractivity contribution in [2.75, 3.05) is 20.6 Å². The molecule has 0 saturated carbocycles. The van der Waals surface area contributed by atoms with Crippen molar-refractivity contribution in [2.45, 2.75) is 18.9 Å². The summed E-state index contributed by atoms with van der Waals surface area (Å²) in [6, 6.07) is 5.50. The molecule has 18 heavy (non-hydrogen) atoms. The van der Waals surface area contributed by atoms with Crippen LogP contribution in [0.15, 0.2) is 24.3 Å². The summed E-state index contributed by atoms with van der Waals surface area (Å²) in [5.41, 5.74) is 5.34. The molecule has 1 unspecified atom stereocenters. The van der Waals surface area contributed by atoms with Gasteiger partial charge in [-0.15, -0.1) is 0 Å². The number of rotatable bonds is 5. The predicted molar refractivity (Wildman–Crippen MR) is 64.8 cm³/mol. The predicted octanol–water partition coefficient (Wildman–Crippen LogP) is 1.64. The third-order valence-corrected chi connectivity index (χ3v) is 2.44. The maximum Gasteiger partial charge on any atom is 0.416 e. The van der Waals surface area contributed by atoms with Crippen LogP contribution < -0.4 is 11.1 Å². The quantitative estimate of drug-likeness (QED) is 0.792. The van der Waals surface area contributed by atoms with Gasteiger partial charge in [-0.25, -0.2) is 0 Å². The Labute approximate surface area is 105 Å². The van der Waals surface area contributed by atoms with Crippen molar-refractivity contribution < 1.29 is 13.2 Å². The number of hydrogen-bond acceptors (Lipinski definition) is 3. The second-order valence-corrected chi connectivity index (χ2v) is 4.40. The van der Waals surface area contributed by atoms with E-state index in [0.29, 0.717) is 6.54 Å². The number of nitrogens with zero attached hydrogens (tertiary/aromatic N) is 1. The molecule has 0 aliphatic heterocycles. The normalized spacial score (nSPS) is 13.9. The summed E-state index contributed by atoms with van der Waals surface area (Å²) < 4.78 is 38.1. The van der Waals surface area contributed by atoms with Crippen molar-refractivity contribution in [2.24, 2.45) is 5.73 Å². The molecule has 0 spiro atoms. The van der Waals surface area contributed by atoms with Gasteiger partial charge in [0.1, 0.15) is 0 Å². The molecule has 0 radical (unpaired) electrons. The van der Waals surface area contributed by atoms with Crippen LogP contribution in [0.4, 0.5) is 13.2 Å². The van der Waals surface area contributed by atoms with Crippen molar-refractivity contribution in [1.29, 1.82) is 0 Å². The highest BCUT2D eigenvalue weighted by Crippen LogP contribution is 2.31. The maximum absolute atomic E-state index is 12.7.